The van der Waals surface area contributed by atoms with Gasteiger partial charge in [-0.15, -0.1) is 0 Å². The largest absolute Gasteiger partial charge is 0.352 e. The van der Waals surface area contributed by atoms with Gasteiger partial charge in [0.25, 0.3) is 0 Å². The van der Waals surface area contributed by atoms with E-state index in [1.54, 1.807) is 17.0 Å². The van der Waals surface area contributed by atoms with Gasteiger partial charge in [0.1, 0.15) is 12.6 Å². The third-order valence-corrected chi connectivity index (χ3v) is 8.84. The van der Waals surface area contributed by atoms with Crippen LogP contribution in [-0.4, -0.2) is 50.0 Å². The van der Waals surface area contributed by atoms with Gasteiger partial charge in [0.2, 0.25) is 21.8 Å². The molecule has 0 unspecified atom stereocenters. The van der Waals surface area contributed by atoms with Gasteiger partial charge in [-0.2, -0.15) is 0 Å². The molecule has 1 atom stereocenters. The van der Waals surface area contributed by atoms with Gasteiger partial charge in [-0.05, 0) is 47.6 Å². The van der Waals surface area contributed by atoms with Crippen LogP contribution in [-0.2, 0) is 32.6 Å². The minimum Gasteiger partial charge on any atom is -0.352 e. The summed E-state index contributed by atoms with van der Waals surface area (Å²) in [6, 6.07) is 25.7. The quantitative estimate of drug-likeness (QED) is 0.319. The van der Waals surface area contributed by atoms with Crippen LogP contribution in [0.1, 0.15) is 62.1 Å². The number of carbonyl (C=O) groups is 2. The first-order chi connectivity index (χ1) is 19.6. The first-order valence-electron chi connectivity index (χ1n) is 14.4. The first-order valence-corrected chi connectivity index (χ1v) is 16.2. The molecule has 218 valence electrons. The van der Waals surface area contributed by atoms with E-state index >= 15 is 0 Å². The van der Waals surface area contributed by atoms with Crippen molar-refractivity contribution in [2.24, 2.45) is 0 Å². The molecule has 3 aromatic rings. The molecule has 0 spiro atoms. The van der Waals surface area contributed by atoms with Crippen molar-refractivity contribution >= 4 is 27.5 Å². The Kier molecular flexibility index (Phi) is 10.2. The van der Waals surface area contributed by atoms with E-state index in [1.807, 2.05) is 72.8 Å². The molecule has 0 aromatic heterocycles. The Bertz CT molecular complexity index is 1390. The maximum atomic E-state index is 14.2. The highest BCUT2D eigenvalue weighted by molar-refractivity contribution is 7.92. The van der Waals surface area contributed by atoms with Crippen molar-refractivity contribution in [2.45, 2.75) is 70.5 Å². The van der Waals surface area contributed by atoms with Gasteiger partial charge in [0.15, 0.2) is 0 Å². The van der Waals surface area contributed by atoms with Crippen LogP contribution in [0.3, 0.4) is 0 Å². The fraction of sp³-hybridized carbons (Fsp3) is 0.394. The summed E-state index contributed by atoms with van der Waals surface area (Å²) >= 11 is 0. The van der Waals surface area contributed by atoms with Crippen LogP contribution in [0.4, 0.5) is 5.69 Å². The second-order valence-electron chi connectivity index (χ2n) is 11.2. The van der Waals surface area contributed by atoms with Crippen LogP contribution in [0, 0.1) is 0 Å². The number of nitrogens with zero attached hydrogens (tertiary/aromatic N) is 2. The summed E-state index contributed by atoms with van der Waals surface area (Å²) in [5, 5.41) is 3.19. The van der Waals surface area contributed by atoms with E-state index in [1.165, 1.54) is 0 Å². The molecule has 8 heteroatoms. The Balaban J connectivity index is 1.69. The fourth-order valence-corrected chi connectivity index (χ4v) is 6.19. The van der Waals surface area contributed by atoms with Crippen molar-refractivity contribution in [3.63, 3.8) is 0 Å². The number of sulfonamides is 1. The van der Waals surface area contributed by atoms with Crippen molar-refractivity contribution in [1.29, 1.82) is 0 Å². The Morgan fingerprint density at radius 3 is 1.95 bits per heavy atom. The lowest BCUT2D eigenvalue weighted by Gasteiger charge is -2.34. The average Bonchev–Trinajstić information content (AvgIpc) is 3.47. The summed E-state index contributed by atoms with van der Waals surface area (Å²) in [4.78, 5) is 29.6. The molecular formula is C33H41N3O4S. The van der Waals surface area contributed by atoms with Gasteiger partial charge in [-0.1, -0.05) is 99.5 Å². The Morgan fingerprint density at radius 2 is 1.41 bits per heavy atom. The van der Waals surface area contributed by atoms with Crippen molar-refractivity contribution < 1.29 is 18.0 Å². The van der Waals surface area contributed by atoms with E-state index in [9.17, 15) is 18.0 Å². The van der Waals surface area contributed by atoms with E-state index in [0.717, 1.165) is 52.9 Å². The molecule has 1 aliphatic carbocycles. The SMILES string of the molecule is CC(C)c1ccc(N(CC(=O)N(Cc2ccccc2)[C@H](Cc2ccccc2)C(=O)NC2CCCC2)S(C)(=O)=O)cc1. The highest BCUT2D eigenvalue weighted by Gasteiger charge is 2.34. The van der Waals surface area contributed by atoms with E-state index < -0.39 is 28.5 Å². The van der Waals surface area contributed by atoms with Crippen LogP contribution < -0.4 is 9.62 Å². The number of anilines is 1. The number of benzene rings is 3. The maximum Gasteiger partial charge on any atom is 0.244 e. The molecule has 7 nitrogen and oxygen atoms in total. The van der Waals surface area contributed by atoms with Gasteiger partial charge in [0, 0.05) is 19.0 Å². The zero-order chi connectivity index (χ0) is 29.4. The van der Waals surface area contributed by atoms with Crippen LogP contribution >= 0.6 is 0 Å². The number of amides is 2. The van der Waals surface area contributed by atoms with Crippen LogP contribution in [0.15, 0.2) is 84.9 Å². The predicted octanol–water partition coefficient (Wildman–Crippen LogP) is 5.27. The van der Waals surface area contributed by atoms with Crippen LogP contribution in [0.2, 0.25) is 0 Å². The molecular weight excluding hydrogens is 534 g/mol. The molecule has 0 bridgehead atoms. The molecule has 1 saturated carbocycles. The molecule has 1 N–H and O–H groups in total. The third-order valence-electron chi connectivity index (χ3n) is 7.70. The van der Waals surface area contributed by atoms with Crippen LogP contribution in [0.5, 0.6) is 0 Å². The van der Waals surface area contributed by atoms with Crippen molar-refractivity contribution in [2.75, 3.05) is 17.1 Å². The number of rotatable bonds is 12. The molecule has 3 aromatic carbocycles. The molecule has 0 radical (unpaired) electrons. The van der Waals surface area contributed by atoms with E-state index in [-0.39, 0.29) is 24.4 Å². The van der Waals surface area contributed by atoms with E-state index in [0.29, 0.717) is 12.1 Å². The van der Waals surface area contributed by atoms with Gasteiger partial charge in [0.05, 0.1) is 11.9 Å². The van der Waals surface area contributed by atoms with Crippen molar-refractivity contribution in [3.8, 4) is 0 Å². The zero-order valence-corrected chi connectivity index (χ0v) is 25.0. The summed E-state index contributed by atoms with van der Waals surface area (Å²) in [5.41, 5.74) is 3.28. The minimum absolute atomic E-state index is 0.0847. The third kappa shape index (κ3) is 8.43. The standard InChI is InChI=1S/C33H41N3O4S/c1-25(2)28-18-20-30(21-19-28)36(41(3,39)40)24-32(37)35(23-27-14-8-5-9-15-27)31(22-26-12-6-4-7-13-26)33(38)34-29-16-10-11-17-29/h4-9,12-15,18-21,25,29,31H,10-11,16-17,22-24H2,1-3H3,(H,34,38)/t31-/m1/s1. The predicted molar refractivity (Wildman–Crippen MR) is 164 cm³/mol. The lowest BCUT2D eigenvalue weighted by molar-refractivity contribution is -0.140. The van der Waals surface area contributed by atoms with E-state index in [4.69, 9.17) is 0 Å². The number of hydrogen-bond donors (Lipinski definition) is 1. The van der Waals surface area contributed by atoms with Crippen molar-refractivity contribution in [3.05, 3.63) is 102 Å². The second-order valence-corrected chi connectivity index (χ2v) is 13.1. The summed E-state index contributed by atoms with van der Waals surface area (Å²) in [6.07, 6.45) is 5.40. The second kappa shape index (κ2) is 13.8. The van der Waals surface area contributed by atoms with Crippen molar-refractivity contribution in [1.82, 2.24) is 10.2 Å². The molecule has 1 fully saturated rings. The van der Waals surface area contributed by atoms with Gasteiger partial charge >= 0.3 is 0 Å². The lowest BCUT2D eigenvalue weighted by Crippen LogP contribution is -2.54. The fourth-order valence-electron chi connectivity index (χ4n) is 5.34. The zero-order valence-electron chi connectivity index (χ0n) is 24.2. The minimum atomic E-state index is -3.79. The Labute approximate surface area is 244 Å². The Hall–Kier alpha value is -3.65. The monoisotopic (exact) mass is 575 g/mol. The van der Waals surface area contributed by atoms with Gasteiger partial charge < -0.3 is 10.2 Å². The van der Waals surface area contributed by atoms with Gasteiger partial charge in [-0.25, -0.2) is 8.42 Å². The molecule has 0 saturated heterocycles. The number of hydrogen-bond acceptors (Lipinski definition) is 4. The Morgan fingerprint density at radius 1 is 0.854 bits per heavy atom. The maximum absolute atomic E-state index is 14.2. The lowest BCUT2D eigenvalue weighted by atomic mass is 10.0. The number of nitrogens with one attached hydrogen (secondary N) is 1. The molecule has 2 amide bonds. The summed E-state index contributed by atoms with van der Waals surface area (Å²) in [7, 11) is -3.79. The normalized spacial score (nSPS) is 14.5. The van der Waals surface area contributed by atoms with Crippen LogP contribution in [0.25, 0.3) is 0 Å². The van der Waals surface area contributed by atoms with E-state index in [2.05, 4.69) is 19.2 Å². The summed E-state index contributed by atoms with van der Waals surface area (Å²) < 4.78 is 27.1. The molecule has 0 heterocycles. The molecule has 41 heavy (non-hydrogen) atoms. The molecule has 1 aliphatic rings. The topological polar surface area (TPSA) is 86.8 Å². The average molecular weight is 576 g/mol. The highest BCUT2D eigenvalue weighted by atomic mass is 32.2. The number of carbonyl (C=O) groups excluding carboxylic acids is 2. The van der Waals surface area contributed by atoms with Gasteiger partial charge in [-0.3, -0.25) is 13.9 Å². The molecule has 4 rings (SSSR count). The smallest absolute Gasteiger partial charge is 0.244 e. The first kappa shape index (κ1) is 30.3. The summed E-state index contributed by atoms with van der Waals surface area (Å²) in [5.74, 6) is -0.359. The summed E-state index contributed by atoms with van der Waals surface area (Å²) in [6.45, 7) is 3.91. The molecule has 0 aliphatic heterocycles. The highest BCUT2D eigenvalue weighted by Crippen LogP contribution is 2.24.